The van der Waals surface area contributed by atoms with Crippen LogP contribution in [0, 0.1) is 0 Å². The smallest absolute Gasteiger partial charge is 0.161 e. The van der Waals surface area contributed by atoms with Gasteiger partial charge in [0.1, 0.15) is 4.66 Å². The van der Waals surface area contributed by atoms with Gasteiger partial charge in [-0.25, -0.2) is 8.42 Å². The molecule has 0 aliphatic heterocycles. The van der Waals surface area contributed by atoms with Crippen molar-refractivity contribution in [2.24, 2.45) is 0 Å². The topological polar surface area (TPSA) is 34.1 Å². The van der Waals surface area contributed by atoms with Crippen molar-refractivity contribution in [2.45, 2.75) is 37.4 Å². The van der Waals surface area contributed by atoms with Crippen molar-refractivity contribution in [1.29, 1.82) is 0 Å². The molecule has 0 N–H and O–H groups in total. The Morgan fingerprint density at radius 1 is 1.31 bits per heavy atom. The zero-order valence-corrected chi connectivity index (χ0v) is 11.8. The largest absolute Gasteiger partial charge is 0.228 e. The van der Waals surface area contributed by atoms with Crippen molar-refractivity contribution in [3.63, 3.8) is 0 Å². The van der Waals surface area contributed by atoms with E-state index in [-0.39, 0.29) is 15.2 Å². The van der Waals surface area contributed by atoms with Gasteiger partial charge in [0.25, 0.3) is 0 Å². The van der Waals surface area contributed by atoms with Gasteiger partial charge in [-0.05, 0) is 6.42 Å². The summed E-state index contributed by atoms with van der Waals surface area (Å²) in [5.41, 5.74) is 0. The average molecular weight is 336 g/mol. The minimum atomic E-state index is -2.89. The van der Waals surface area contributed by atoms with Gasteiger partial charge in [0, 0.05) is 4.83 Å². The molecule has 0 rings (SSSR count). The molecule has 0 aliphatic rings. The van der Waals surface area contributed by atoms with Crippen LogP contribution in [-0.2, 0) is 9.84 Å². The van der Waals surface area contributed by atoms with Crippen LogP contribution < -0.4 is 0 Å². The highest BCUT2D eigenvalue weighted by Gasteiger charge is 2.14. The molecule has 0 aromatic heterocycles. The number of halogens is 2. The summed E-state index contributed by atoms with van der Waals surface area (Å²) in [7, 11) is -2.89. The zero-order valence-electron chi connectivity index (χ0n) is 7.80. The lowest BCUT2D eigenvalue weighted by atomic mass is 10.2. The Kier molecular flexibility index (Phi) is 7.74. The number of hydrogen-bond acceptors (Lipinski definition) is 2. The summed E-state index contributed by atoms with van der Waals surface area (Å²) in [6, 6.07) is 0. The lowest BCUT2D eigenvalue weighted by Gasteiger charge is -2.08. The zero-order chi connectivity index (χ0) is 10.3. The van der Waals surface area contributed by atoms with E-state index in [1.165, 1.54) is 12.8 Å². The molecule has 1 atom stereocenters. The third-order valence-electron chi connectivity index (χ3n) is 1.72. The fourth-order valence-corrected chi connectivity index (χ4v) is 3.92. The minimum Gasteiger partial charge on any atom is -0.228 e. The Labute approximate surface area is 97.7 Å². The monoisotopic (exact) mass is 334 g/mol. The summed E-state index contributed by atoms with van der Waals surface area (Å²) in [5, 5.41) is 0. The van der Waals surface area contributed by atoms with E-state index in [2.05, 4.69) is 38.8 Å². The predicted molar refractivity (Wildman–Crippen MR) is 64.4 cm³/mol. The Morgan fingerprint density at radius 3 is 2.38 bits per heavy atom. The number of rotatable bonds is 7. The van der Waals surface area contributed by atoms with Crippen LogP contribution in [0.3, 0.4) is 0 Å². The number of alkyl halides is 2. The van der Waals surface area contributed by atoms with E-state index in [0.717, 1.165) is 12.8 Å². The van der Waals surface area contributed by atoms with Gasteiger partial charge in [-0.1, -0.05) is 58.0 Å². The molecule has 80 valence electrons. The van der Waals surface area contributed by atoms with Crippen molar-refractivity contribution >= 4 is 41.7 Å². The van der Waals surface area contributed by atoms with Gasteiger partial charge in [0.15, 0.2) is 9.84 Å². The van der Waals surface area contributed by atoms with E-state index >= 15 is 0 Å². The summed E-state index contributed by atoms with van der Waals surface area (Å²) in [4.78, 5) is 0.113. The van der Waals surface area contributed by atoms with Crippen molar-refractivity contribution in [1.82, 2.24) is 0 Å². The third kappa shape index (κ3) is 7.94. The van der Waals surface area contributed by atoms with E-state index in [4.69, 9.17) is 0 Å². The van der Waals surface area contributed by atoms with Gasteiger partial charge in [-0.3, -0.25) is 0 Å². The number of sulfone groups is 1. The number of hydrogen-bond donors (Lipinski definition) is 0. The third-order valence-corrected chi connectivity index (χ3v) is 6.27. The second kappa shape index (κ2) is 7.23. The number of unbranched alkanes of at least 4 members (excludes halogenated alkanes) is 2. The van der Waals surface area contributed by atoms with Crippen molar-refractivity contribution < 1.29 is 8.42 Å². The fraction of sp³-hybridized carbons (Fsp3) is 1.00. The molecule has 1 unspecified atom stereocenters. The van der Waals surface area contributed by atoms with E-state index in [1.54, 1.807) is 0 Å². The molecule has 2 nitrogen and oxygen atoms in total. The van der Waals surface area contributed by atoms with Crippen LogP contribution in [0.1, 0.15) is 32.6 Å². The lowest BCUT2D eigenvalue weighted by molar-refractivity contribution is 0.594. The second-order valence-electron chi connectivity index (χ2n) is 3.11. The molecule has 13 heavy (non-hydrogen) atoms. The summed E-state index contributed by atoms with van der Waals surface area (Å²) in [6.45, 7) is 2.14. The Hall–Kier alpha value is 0.910. The highest BCUT2D eigenvalue weighted by atomic mass is 79.9. The molecule has 0 aromatic carbocycles. The van der Waals surface area contributed by atoms with Crippen LogP contribution in [-0.4, -0.2) is 23.7 Å². The molecular formula is C8H16Br2O2S. The fourth-order valence-electron chi connectivity index (χ4n) is 1.02. The van der Waals surface area contributed by atoms with Gasteiger partial charge in [0.2, 0.25) is 0 Å². The van der Waals surface area contributed by atoms with E-state index in [0.29, 0.717) is 0 Å². The van der Waals surface area contributed by atoms with E-state index in [9.17, 15) is 8.42 Å². The lowest BCUT2D eigenvalue weighted by Crippen LogP contribution is -2.16. The van der Waals surface area contributed by atoms with Gasteiger partial charge in [-0.15, -0.1) is 0 Å². The first-order chi connectivity index (χ1) is 6.02. The maximum absolute atomic E-state index is 11.2. The summed E-state index contributed by atoms with van der Waals surface area (Å²) < 4.78 is 22.4. The maximum atomic E-state index is 11.2. The molecule has 0 fully saturated rings. The summed E-state index contributed by atoms with van der Waals surface area (Å²) in [5.74, 6) is 0.238. The standard InChI is InChI=1S/C8H16Br2O2S/c1-2-3-4-5-8(10)6-13(11,12)7-9/h8H,2-7H2,1H3. The van der Waals surface area contributed by atoms with Crippen LogP contribution in [0.5, 0.6) is 0 Å². The molecule has 0 saturated carbocycles. The Balaban J connectivity index is 3.68. The molecule has 0 aromatic rings. The molecule has 0 saturated heterocycles. The molecule has 0 spiro atoms. The first-order valence-electron chi connectivity index (χ1n) is 4.42. The van der Waals surface area contributed by atoms with Gasteiger partial charge < -0.3 is 0 Å². The van der Waals surface area contributed by atoms with Crippen molar-refractivity contribution in [3.05, 3.63) is 0 Å². The van der Waals surface area contributed by atoms with E-state index < -0.39 is 9.84 Å². The molecule has 0 bridgehead atoms. The SMILES string of the molecule is CCCCCC(Br)CS(=O)(=O)CBr. The maximum Gasteiger partial charge on any atom is 0.161 e. The van der Waals surface area contributed by atoms with Crippen LogP contribution in [0.4, 0.5) is 0 Å². The molecule has 0 aliphatic carbocycles. The Morgan fingerprint density at radius 2 is 1.92 bits per heavy atom. The first-order valence-corrected chi connectivity index (χ1v) is 8.28. The van der Waals surface area contributed by atoms with E-state index in [1.807, 2.05) is 0 Å². The summed E-state index contributed by atoms with van der Waals surface area (Å²) in [6.07, 6.45) is 4.39. The molecule has 5 heteroatoms. The predicted octanol–water partition coefficient (Wildman–Crippen LogP) is 3.10. The van der Waals surface area contributed by atoms with Crippen LogP contribution in [0.25, 0.3) is 0 Å². The van der Waals surface area contributed by atoms with Gasteiger partial charge >= 0.3 is 0 Å². The van der Waals surface area contributed by atoms with Gasteiger partial charge in [0.05, 0.1) is 5.75 Å². The normalized spacial score (nSPS) is 14.4. The average Bonchev–Trinajstić information content (AvgIpc) is 2.04. The minimum absolute atomic E-state index is 0.0654. The highest BCUT2D eigenvalue weighted by molar-refractivity contribution is 9.11. The quantitative estimate of drug-likeness (QED) is 0.529. The van der Waals surface area contributed by atoms with Crippen molar-refractivity contribution in [3.8, 4) is 0 Å². The van der Waals surface area contributed by atoms with Crippen LogP contribution in [0.2, 0.25) is 0 Å². The van der Waals surface area contributed by atoms with Crippen LogP contribution in [0.15, 0.2) is 0 Å². The first kappa shape index (κ1) is 13.9. The van der Waals surface area contributed by atoms with Gasteiger partial charge in [-0.2, -0.15) is 0 Å². The highest BCUT2D eigenvalue weighted by Crippen LogP contribution is 2.14. The van der Waals surface area contributed by atoms with Crippen LogP contribution >= 0.6 is 31.9 Å². The Bertz CT molecular complexity index is 214. The molecular weight excluding hydrogens is 320 g/mol. The molecule has 0 heterocycles. The summed E-state index contributed by atoms with van der Waals surface area (Å²) >= 11 is 6.36. The second-order valence-corrected chi connectivity index (χ2v) is 7.82. The van der Waals surface area contributed by atoms with Crippen molar-refractivity contribution in [2.75, 3.05) is 10.4 Å². The molecule has 0 radical (unpaired) electrons. The molecule has 0 amide bonds.